The molecular weight excluding hydrogens is 763 g/mol. The number of aromatic nitrogens is 3. The zero-order valence-electron chi connectivity index (χ0n) is 39.1. The van der Waals surface area contributed by atoms with Crippen LogP contribution in [0, 0.1) is 12.3 Å². The van der Waals surface area contributed by atoms with E-state index in [4.69, 9.17) is 6.42 Å². The second-order valence-corrected chi connectivity index (χ2v) is 22.0. The summed E-state index contributed by atoms with van der Waals surface area (Å²) in [6.07, 6.45) is 5.84. The molecule has 0 unspecified atom stereocenters. The first-order chi connectivity index (χ1) is 29.7. The van der Waals surface area contributed by atoms with Gasteiger partial charge in [-0.05, 0) is 153 Å². The summed E-state index contributed by atoms with van der Waals surface area (Å²) in [6.45, 7) is 27.6. The normalized spacial score (nSPS) is 13.1. The molecule has 3 heterocycles. The van der Waals surface area contributed by atoms with E-state index in [1.54, 1.807) is 0 Å². The van der Waals surface area contributed by atoms with E-state index in [2.05, 4.69) is 224 Å². The molecule has 0 aliphatic rings. The highest BCUT2D eigenvalue weighted by Crippen LogP contribution is 2.42. The van der Waals surface area contributed by atoms with Crippen LogP contribution in [0.15, 0.2) is 133 Å². The van der Waals surface area contributed by atoms with Crippen molar-refractivity contribution >= 4 is 65.4 Å². The second kappa shape index (κ2) is 13.7. The first-order valence-corrected chi connectivity index (χ1v) is 22.6. The van der Waals surface area contributed by atoms with E-state index in [9.17, 15) is 0 Å². The highest BCUT2D eigenvalue weighted by molar-refractivity contribution is 6.14. The van der Waals surface area contributed by atoms with Crippen LogP contribution in [-0.2, 0) is 21.7 Å². The predicted octanol–water partition coefficient (Wildman–Crippen LogP) is 16.1. The zero-order valence-corrected chi connectivity index (χ0v) is 39.1. The molecule has 7 aromatic carbocycles. The van der Waals surface area contributed by atoms with Crippen molar-refractivity contribution in [2.75, 3.05) is 0 Å². The molecular formula is C60H59N3. The lowest BCUT2D eigenvalue weighted by Crippen LogP contribution is -2.10. The second-order valence-electron chi connectivity index (χ2n) is 22.0. The van der Waals surface area contributed by atoms with Crippen LogP contribution < -0.4 is 0 Å². The fourth-order valence-electron chi connectivity index (χ4n) is 9.73. The van der Waals surface area contributed by atoms with Crippen molar-refractivity contribution in [3.8, 4) is 29.4 Å². The van der Waals surface area contributed by atoms with Gasteiger partial charge >= 0.3 is 0 Å². The van der Waals surface area contributed by atoms with Gasteiger partial charge in [0, 0.05) is 54.9 Å². The van der Waals surface area contributed by atoms with Gasteiger partial charge in [0.25, 0.3) is 0 Å². The minimum Gasteiger partial charge on any atom is -0.309 e. The molecule has 0 amide bonds. The van der Waals surface area contributed by atoms with Crippen LogP contribution in [0.3, 0.4) is 0 Å². The zero-order chi connectivity index (χ0) is 44.5. The van der Waals surface area contributed by atoms with Gasteiger partial charge in [-0.2, -0.15) is 0 Å². The third-order valence-electron chi connectivity index (χ3n) is 13.5. The maximum atomic E-state index is 5.84. The Morgan fingerprint density at radius 1 is 0.302 bits per heavy atom. The first-order valence-electron chi connectivity index (χ1n) is 22.6. The lowest BCUT2D eigenvalue weighted by atomic mass is 9.85. The minimum absolute atomic E-state index is 0.0290. The topological polar surface area (TPSA) is 14.8 Å². The van der Waals surface area contributed by atoms with Gasteiger partial charge in [0.1, 0.15) is 0 Å². The van der Waals surface area contributed by atoms with Crippen LogP contribution in [0.5, 0.6) is 0 Å². The number of fused-ring (bicyclic) bond motifs is 9. The molecule has 0 N–H and O–H groups in total. The SMILES string of the molecule is C#Cc1ccc(-n2c3ccc(-n4c5ccc(C(C)(C)C)cc5c5cc(C(C)(C)C)ccc54)cc3c3cc(-n4c5ccc(C(C)(C)C)cc5c5cc(C(C)(C)C)ccc54)ccc32)cc1. The van der Waals surface area contributed by atoms with Gasteiger partial charge < -0.3 is 13.7 Å². The molecule has 3 nitrogen and oxygen atoms in total. The molecule has 0 radical (unpaired) electrons. The molecule has 0 aliphatic carbocycles. The largest absolute Gasteiger partial charge is 0.309 e. The Hall–Kier alpha value is -6.50. The highest BCUT2D eigenvalue weighted by atomic mass is 15.0. The minimum atomic E-state index is 0.0290. The summed E-state index contributed by atoms with van der Waals surface area (Å²) in [5, 5.41) is 7.55. The average molecular weight is 822 g/mol. The fraction of sp³-hybridized carbons (Fsp3) is 0.267. The van der Waals surface area contributed by atoms with Gasteiger partial charge in [-0.15, -0.1) is 6.42 Å². The van der Waals surface area contributed by atoms with E-state index in [0.717, 1.165) is 33.7 Å². The maximum absolute atomic E-state index is 5.84. The molecule has 314 valence electrons. The molecule has 3 heteroatoms. The summed E-state index contributed by atoms with van der Waals surface area (Å²) in [7, 11) is 0. The number of hydrogen-bond acceptors (Lipinski definition) is 0. The Balaban J connectivity index is 1.27. The van der Waals surface area contributed by atoms with E-state index in [0.29, 0.717) is 0 Å². The van der Waals surface area contributed by atoms with E-state index >= 15 is 0 Å². The standard InChI is InChI=1S/C60H59N3/c1-14-37-15-21-42(22-16-37)61-55-29-23-43(62-51-25-17-38(57(2,3)4)31-45(51)46-32-39(58(5,6)7)18-26-52(46)62)35-49(55)50-36-44(24-30-56(50)61)63-53-27-19-40(59(8,9)10)33-47(53)48-34-41(60(11,12)13)20-28-54(48)63/h1,15-36H,2-13H3. The van der Waals surface area contributed by atoms with Crippen LogP contribution in [0.25, 0.3) is 82.5 Å². The van der Waals surface area contributed by atoms with Crippen LogP contribution in [-0.4, -0.2) is 13.7 Å². The molecule has 10 aromatic rings. The maximum Gasteiger partial charge on any atom is 0.0542 e. The fourth-order valence-corrected chi connectivity index (χ4v) is 9.73. The molecule has 0 saturated heterocycles. The van der Waals surface area contributed by atoms with Crippen LogP contribution >= 0.6 is 0 Å². The van der Waals surface area contributed by atoms with Crippen molar-refractivity contribution in [2.24, 2.45) is 0 Å². The van der Waals surface area contributed by atoms with E-state index in [1.165, 1.54) is 76.6 Å². The van der Waals surface area contributed by atoms with Crippen molar-refractivity contribution in [1.82, 2.24) is 13.7 Å². The van der Waals surface area contributed by atoms with E-state index < -0.39 is 0 Å². The Bertz CT molecular complexity index is 3180. The molecule has 63 heavy (non-hydrogen) atoms. The van der Waals surface area contributed by atoms with E-state index in [-0.39, 0.29) is 21.7 Å². The summed E-state index contributed by atoms with van der Waals surface area (Å²) in [4.78, 5) is 0. The van der Waals surface area contributed by atoms with Crippen molar-refractivity contribution in [1.29, 1.82) is 0 Å². The lowest BCUT2D eigenvalue weighted by Gasteiger charge is -2.19. The molecule has 0 fully saturated rings. The van der Waals surface area contributed by atoms with Crippen molar-refractivity contribution < 1.29 is 0 Å². The monoisotopic (exact) mass is 821 g/mol. The number of terminal acetylenes is 1. The van der Waals surface area contributed by atoms with Crippen molar-refractivity contribution in [3.05, 3.63) is 161 Å². The molecule has 0 saturated carbocycles. The number of rotatable bonds is 3. The number of benzene rings is 7. The number of hydrogen-bond donors (Lipinski definition) is 0. The summed E-state index contributed by atoms with van der Waals surface area (Å²) >= 11 is 0. The molecule has 0 atom stereocenters. The van der Waals surface area contributed by atoms with Crippen molar-refractivity contribution in [2.45, 2.75) is 105 Å². The Labute approximate surface area is 373 Å². The van der Waals surface area contributed by atoms with Gasteiger partial charge in [0.15, 0.2) is 0 Å². The first kappa shape index (κ1) is 40.6. The Morgan fingerprint density at radius 2 is 0.540 bits per heavy atom. The molecule has 0 bridgehead atoms. The average Bonchev–Trinajstić information content (AvgIpc) is 3.86. The Kier molecular flexibility index (Phi) is 8.85. The van der Waals surface area contributed by atoms with E-state index in [1.807, 2.05) is 12.1 Å². The van der Waals surface area contributed by atoms with Gasteiger partial charge in [-0.1, -0.05) is 113 Å². The van der Waals surface area contributed by atoms with Gasteiger partial charge in [0.05, 0.1) is 33.1 Å². The third-order valence-corrected chi connectivity index (χ3v) is 13.5. The Morgan fingerprint density at radius 3 is 0.810 bits per heavy atom. The van der Waals surface area contributed by atoms with Gasteiger partial charge in [-0.25, -0.2) is 0 Å². The third kappa shape index (κ3) is 6.57. The predicted molar refractivity (Wildman–Crippen MR) is 272 cm³/mol. The summed E-state index contributed by atoms with van der Waals surface area (Å²) < 4.78 is 7.35. The van der Waals surface area contributed by atoms with Crippen LogP contribution in [0.4, 0.5) is 0 Å². The van der Waals surface area contributed by atoms with Gasteiger partial charge in [0.2, 0.25) is 0 Å². The summed E-state index contributed by atoms with van der Waals surface area (Å²) in [6, 6.07) is 50.8. The molecule has 0 aliphatic heterocycles. The van der Waals surface area contributed by atoms with Gasteiger partial charge in [-0.3, -0.25) is 0 Å². The summed E-state index contributed by atoms with van der Waals surface area (Å²) in [5.74, 6) is 2.81. The molecule has 3 aromatic heterocycles. The summed E-state index contributed by atoms with van der Waals surface area (Å²) in [5.41, 5.74) is 16.9. The highest BCUT2D eigenvalue weighted by Gasteiger charge is 2.24. The molecule has 10 rings (SSSR count). The van der Waals surface area contributed by atoms with Crippen molar-refractivity contribution in [3.63, 3.8) is 0 Å². The molecule has 0 spiro atoms. The quantitative estimate of drug-likeness (QED) is 0.158. The van der Waals surface area contributed by atoms with Crippen LogP contribution in [0.1, 0.15) is 111 Å². The smallest absolute Gasteiger partial charge is 0.0542 e. The lowest BCUT2D eigenvalue weighted by molar-refractivity contribution is 0.590. The van der Waals surface area contributed by atoms with Crippen LogP contribution in [0.2, 0.25) is 0 Å². The number of nitrogens with zero attached hydrogens (tertiary/aromatic N) is 3.